The van der Waals surface area contributed by atoms with Crippen molar-refractivity contribution in [2.45, 2.75) is 23.4 Å². The summed E-state index contributed by atoms with van der Waals surface area (Å²) in [4.78, 5) is 1.13. The number of hydroxylamine groups is 2. The third kappa shape index (κ3) is 3.81. The van der Waals surface area contributed by atoms with Gasteiger partial charge in [0, 0.05) is 17.0 Å². The molecule has 0 bridgehead atoms. The number of rotatable bonds is 5. The van der Waals surface area contributed by atoms with E-state index in [0.29, 0.717) is 24.7 Å². The van der Waals surface area contributed by atoms with Crippen LogP contribution in [0, 0.1) is 5.21 Å². The molecule has 0 radical (unpaired) electrons. The highest BCUT2D eigenvalue weighted by molar-refractivity contribution is 7.99. The largest absolute Gasteiger partial charge is 0.784 e. The summed E-state index contributed by atoms with van der Waals surface area (Å²) in [6.07, 6.45) is 0. The van der Waals surface area contributed by atoms with Crippen LogP contribution in [0.5, 0.6) is 11.5 Å². The van der Waals surface area contributed by atoms with Crippen LogP contribution < -0.4 is 9.47 Å². The second kappa shape index (κ2) is 8.05. The third-order valence-corrected chi connectivity index (χ3v) is 5.88. The molecule has 0 spiro atoms. The van der Waals surface area contributed by atoms with Gasteiger partial charge in [-0.25, -0.2) is 0 Å². The SMILES string of the molecule is COc1cccc(C2Sc3ccccc3CN2[O-])c1OCc1ccccc1. The van der Waals surface area contributed by atoms with Crippen LogP contribution in [-0.2, 0) is 13.2 Å². The lowest BCUT2D eigenvalue weighted by Gasteiger charge is -2.41. The molecule has 0 aliphatic carbocycles. The molecule has 1 aliphatic heterocycles. The maximum atomic E-state index is 12.8. The summed E-state index contributed by atoms with van der Waals surface area (Å²) >= 11 is 1.55. The smallest absolute Gasteiger partial charge is 0.167 e. The molecule has 3 aromatic carbocycles. The van der Waals surface area contributed by atoms with Crippen LogP contribution in [0.4, 0.5) is 0 Å². The van der Waals surface area contributed by atoms with E-state index < -0.39 is 0 Å². The quantitative estimate of drug-likeness (QED) is 0.596. The molecular weight excluding hydrogens is 358 g/mol. The first-order valence-electron chi connectivity index (χ1n) is 8.78. The summed E-state index contributed by atoms with van der Waals surface area (Å²) in [6.45, 7) is 0.782. The molecule has 1 unspecified atom stereocenters. The van der Waals surface area contributed by atoms with E-state index in [1.807, 2.05) is 66.7 Å². The topological polar surface area (TPSA) is 44.8 Å². The van der Waals surface area contributed by atoms with Crippen molar-refractivity contribution >= 4 is 11.8 Å². The van der Waals surface area contributed by atoms with Crippen molar-refractivity contribution in [2.75, 3.05) is 7.11 Å². The van der Waals surface area contributed by atoms with Gasteiger partial charge in [0.15, 0.2) is 11.5 Å². The normalized spacial score (nSPS) is 16.6. The highest BCUT2D eigenvalue weighted by Crippen LogP contribution is 2.48. The number of nitrogens with zero attached hydrogens (tertiary/aromatic N) is 1. The van der Waals surface area contributed by atoms with Crippen LogP contribution >= 0.6 is 11.8 Å². The molecule has 1 atom stereocenters. The highest BCUT2D eigenvalue weighted by Gasteiger charge is 2.26. The van der Waals surface area contributed by atoms with E-state index >= 15 is 0 Å². The van der Waals surface area contributed by atoms with Crippen LogP contribution in [0.1, 0.15) is 22.1 Å². The van der Waals surface area contributed by atoms with Gasteiger partial charge in [-0.15, -0.1) is 11.8 Å². The second-order valence-corrected chi connectivity index (χ2v) is 7.43. The zero-order valence-electron chi connectivity index (χ0n) is 15.0. The molecule has 4 rings (SSSR count). The minimum atomic E-state index is -0.374. The van der Waals surface area contributed by atoms with Crippen molar-refractivity contribution in [1.29, 1.82) is 0 Å². The molecule has 1 aliphatic rings. The van der Waals surface area contributed by atoms with Crippen molar-refractivity contribution in [3.05, 3.63) is 94.7 Å². The number of hydrogen-bond acceptors (Lipinski definition) is 5. The lowest BCUT2D eigenvalue weighted by molar-refractivity contribution is 0.270. The Labute approximate surface area is 163 Å². The predicted octanol–water partition coefficient (Wildman–Crippen LogP) is 5.38. The van der Waals surface area contributed by atoms with Crippen molar-refractivity contribution in [2.24, 2.45) is 0 Å². The molecule has 5 heteroatoms. The Bertz CT molecular complexity index is 916. The molecule has 3 aromatic rings. The number of methoxy groups -OCH3 is 1. The lowest BCUT2D eigenvalue weighted by Crippen LogP contribution is -2.24. The fourth-order valence-corrected chi connectivity index (χ4v) is 4.36. The monoisotopic (exact) mass is 378 g/mol. The molecule has 0 aromatic heterocycles. The van der Waals surface area contributed by atoms with E-state index in [-0.39, 0.29) is 5.37 Å². The van der Waals surface area contributed by atoms with Crippen molar-refractivity contribution in [3.8, 4) is 11.5 Å². The van der Waals surface area contributed by atoms with Crippen LogP contribution in [0.2, 0.25) is 0 Å². The Morgan fingerprint density at radius 1 is 1.00 bits per heavy atom. The van der Waals surface area contributed by atoms with Gasteiger partial charge in [0.1, 0.15) is 6.61 Å². The molecule has 0 N–H and O–H groups in total. The Morgan fingerprint density at radius 2 is 1.78 bits per heavy atom. The fraction of sp³-hybridized carbons (Fsp3) is 0.182. The summed E-state index contributed by atoms with van der Waals surface area (Å²) in [5.74, 6) is 1.26. The molecule has 4 nitrogen and oxygen atoms in total. The van der Waals surface area contributed by atoms with Gasteiger partial charge >= 0.3 is 0 Å². The lowest BCUT2D eigenvalue weighted by atomic mass is 10.1. The van der Waals surface area contributed by atoms with Gasteiger partial charge in [0.25, 0.3) is 0 Å². The van der Waals surface area contributed by atoms with Crippen molar-refractivity contribution < 1.29 is 9.47 Å². The summed E-state index contributed by atoms with van der Waals surface area (Å²) in [6, 6.07) is 23.7. The molecule has 0 saturated heterocycles. The maximum Gasteiger partial charge on any atom is 0.167 e. The minimum Gasteiger partial charge on any atom is -0.784 e. The van der Waals surface area contributed by atoms with Crippen LogP contribution in [0.15, 0.2) is 77.7 Å². The zero-order chi connectivity index (χ0) is 18.6. The fourth-order valence-electron chi connectivity index (χ4n) is 3.17. The van der Waals surface area contributed by atoms with Gasteiger partial charge in [-0.2, -0.15) is 0 Å². The number of hydrogen-bond donors (Lipinski definition) is 0. The first kappa shape index (κ1) is 17.9. The third-order valence-electron chi connectivity index (χ3n) is 4.52. The summed E-state index contributed by atoms with van der Waals surface area (Å²) in [5, 5.41) is 13.5. The van der Waals surface area contributed by atoms with Gasteiger partial charge in [0.2, 0.25) is 0 Å². The molecule has 0 saturated carbocycles. The Kier molecular flexibility index (Phi) is 5.34. The Balaban J connectivity index is 1.66. The van der Waals surface area contributed by atoms with E-state index in [2.05, 4.69) is 6.07 Å². The van der Waals surface area contributed by atoms with Crippen LogP contribution in [0.25, 0.3) is 0 Å². The molecule has 1 heterocycles. The first-order valence-corrected chi connectivity index (χ1v) is 9.66. The average molecular weight is 378 g/mol. The first-order chi connectivity index (χ1) is 13.3. The van der Waals surface area contributed by atoms with E-state index in [1.54, 1.807) is 18.9 Å². The van der Waals surface area contributed by atoms with Gasteiger partial charge < -0.3 is 19.7 Å². The zero-order valence-corrected chi connectivity index (χ0v) is 15.8. The second-order valence-electron chi connectivity index (χ2n) is 6.31. The molecular formula is C22H20NO3S-. The number of para-hydroxylation sites is 1. The summed E-state index contributed by atoms with van der Waals surface area (Å²) in [7, 11) is 1.62. The molecule has 27 heavy (non-hydrogen) atoms. The van der Waals surface area contributed by atoms with Gasteiger partial charge in [0.05, 0.1) is 12.5 Å². The number of benzene rings is 3. The molecule has 0 fully saturated rings. The highest BCUT2D eigenvalue weighted by atomic mass is 32.2. The number of thioether (sulfide) groups is 1. The van der Waals surface area contributed by atoms with Crippen molar-refractivity contribution in [1.82, 2.24) is 5.06 Å². The Morgan fingerprint density at radius 3 is 2.59 bits per heavy atom. The van der Waals surface area contributed by atoms with Gasteiger partial charge in [-0.1, -0.05) is 60.7 Å². The van der Waals surface area contributed by atoms with E-state index in [4.69, 9.17) is 9.47 Å². The number of fused-ring (bicyclic) bond motifs is 1. The van der Waals surface area contributed by atoms with E-state index in [0.717, 1.165) is 26.6 Å². The molecule has 138 valence electrons. The number of ether oxygens (including phenoxy) is 2. The minimum absolute atomic E-state index is 0.364. The standard InChI is InChI=1S/C22H20NO3S/c1-25-19-12-7-11-18(21(19)26-15-16-8-3-2-4-9-16)22-23(24)14-17-10-5-6-13-20(17)27-22/h2-13,22H,14-15H2,1H3/q-1. The van der Waals surface area contributed by atoms with Crippen molar-refractivity contribution in [3.63, 3.8) is 0 Å². The molecule has 0 amide bonds. The van der Waals surface area contributed by atoms with E-state index in [1.165, 1.54) is 0 Å². The summed E-state index contributed by atoms with van der Waals surface area (Å²) in [5.41, 5.74) is 2.96. The predicted molar refractivity (Wildman–Crippen MR) is 108 cm³/mol. The van der Waals surface area contributed by atoms with Crippen LogP contribution in [0.3, 0.4) is 0 Å². The maximum absolute atomic E-state index is 12.8. The van der Waals surface area contributed by atoms with Gasteiger partial charge in [-0.3, -0.25) is 0 Å². The van der Waals surface area contributed by atoms with E-state index in [9.17, 15) is 5.21 Å². The van der Waals surface area contributed by atoms with Gasteiger partial charge in [-0.05, 0) is 23.3 Å². The Hall–Kier alpha value is -2.47. The van der Waals surface area contributed by atoms with Crippen LogP contribution in [-0.4, -0.2) is 12.2 Å². The average Bonchev–Trinajstić information content (AvgIpc) is 2.72. The summed E-state index contributed by atoms with van der Waals surface area (Å²) < 4.78 is 11.6.